The molecule has 3 rings (SSSR count). The normalized spacial score (nSPS) is 20.5. The fraction of sp³-hybridized carbons (Fsp3) is 0.727. The highest BCUT2D eigenvalue weighted by molar-refractivity contribution is 5.68. The zero-order valence-electron chi connectivity index (χ0n) is 17.9. The first kappa shape index (κ1) is 21.5. The number of hydrogen-bond acceptors (Lipinski definition) is 4. The predicted molar refractivity (Wildman–Crippen MR) is 108 cm³/mol. The quantitative estimate of drug-likeness (QED) is 0.722. The minimum Gasteiger partial charge on any atom is -0.473 e. The highest BCUT2D eigenvalue weighted by Gasteiger charge is 2.55. The SMILES string of the molecule is CC.CCCc1cccnc1OC1CCN(C(=O)OC(C)(C)C)CC12CC2. The fourth-order valence-electron chi connectivity index (χ4n) is 3.57. The zero-order chi connectivity index (χ0) is 20.1. The van der Waals surface area contributed by atoms with E-state index in [0.29, 0.717) is 6.54 Å². The van der Waals surface area contributed by atoms with Crippen LogP contribution in [0.25, 0.3) is 0 Å². The Morgan fingerprint density at radius 1 is 1.33 bits per heavy atom. The molecule has 152 valence electrons. The van der Waals surface area contributed by atoms with Gasteiger partial charge >= 0.3 is 6.09 Å². The van der Waals surface area contributed by atoms with E-state index in [1.165, 1.54) is 5.56 Å². The molecular formula is C22H36N2O3. The molecule has 1 aliphatic heterocycles. The van der Waals surface area contributed by atoms with Crippen molar-refractivity contribution in [3.63, 3.8) is 0 Å². The number of hydrogen-bond donors (Lipinski definition) is 0. The lowest BCUT2D eigenvalue weighted by molar-refractivity contribution is -0.00974. The second-order valence-corrected chi connectivity index (χ2v) is 8.38. The number of amides is 1. The van der Waals surface area contributed by atoms with Crippen molar-refractivity contribution in [3.8, 4) is 5.88 Å². The van der Waals surface area contributed by atoms with Crippen molar-refractivity contribution in [3.05, 3.63) is 23.9 Å². The van der Waals surface area contributed by atoms with Crippen LogP contribution in [0.15, 0.2) is 18.3 Å². The number of rotatable bonds is 4. The first-order valence-electron chi connectivity index (χ1n) is 10.4. The molecule has 0 bridgehead atoms. The molecule has 1 unspecified atom stereocenters. The second-order valence-electron chi connectivity index (χ2n) is 8.38. The molecule has 5 heteroatoms. The third-order valence-corrected chi connectivity index (χ3v) is 5.02. The molecule has 2 aliphatic rings. The van der Waals surface area contributed by atoms with Crippen LogP contribution in [0, 0.1) is 5.41 Å². The third kappa shape index (κ3) is 5.60. The summed E-state index contributed by atoms with van der Waals surface area (Å²) in [5, 5.41) is 0. The number of carbonyl (C=O) groups is 1. The van der Waals surface area contributed by atoms with Crippen LogP contribution in [-0.2, 0) is 11.2 Å². The molecule has 2 heterocycles. The van der Waals surface area contributed by atoms with E-state index in [4.69, 9.17) is 9.47 Å². The molecule has 1 amide bonds. The van der Waals surface area contributed by atoms with Gasteiger partial charge in [-0.1, -0.05) is 33.3 Å². The summed E-state index contributed by atoms with van der Waals surface area (Å²) in [6.07, 6.45) is 6.82. The van der Waals surface area contributed by atoms with E-state index in [2.05, 4.69) is 18.0 Å². The minimum absolute atomic E-state index is 0.0795. The van der Waals surface area contributed by atoms with Gasteiger partial charge in [0.25, 0.3) is 0 Å². The summed E-state index contributed by atoms with van der Waals surface area (Å²) in [7, 11) is 0. The summed E-state index contributed by atoms with van der Waals surface area (Å²) >= 11 is 0. The van der Waals surface area contributed by atoms with E-state index in [-0.39, 0.29) is 17.6 Å². The standard InChI is InChI=1S/C20H30N2O3.C2H6/c1-5-7-15-8-6-12-21-17(15)24-16-9-13-22(14-20(16)10-11-20)18(23)25-19(2,3)4;1-2/h6,8,12,16H,5,7,9-11,13-14H2,1-4H3;1-2H3. The monoisotopic (exact) mass is 376 g/mol. The van der Waals surface area contributed by atoms with Crippen LogP contribution in [0.5, 0.6) is 5.88 Å². The topological polar surface area (TPSA) is 51.7 Å². The molecule has 1 aromatic rings. The first-order chi connectivity index (χ1) is 12.8. The third-order valence-electron chi connectivity index (χ3n) is 5.02. The fourth-order valence-corrected chi connectivity index (χ4v) is 3.57. The maximum absolute atomic E-state index is 12.4. The summed E-state index contributed by atoms with van der Waals surface area (Å²) in [6.45, 7) is 13.3. The van der Waals surface area contributed by atoms with Crippen molar-refractivity contribution in [2.75, 3.05) is 13.1 Å². The van der Waals surface area contributed by atoms with Gasteiger partial charge in [-0.05, 0) is 46.1 Å². The first-order valence-corrected chi connectivity index (χ1v) is 10.4. The molecule has 5 nitrogen and oxygen atoms in total. The minimum atomic E-state index is -0.454. The number of piperidine rings is 1. The predicted octanol–water partition coefficient (Wildman–Crippen LogP) is 5.23. The molecule has 1 spiro atoms. The molecule has 0 N–H and O–H groups in total. The molecule has 0 aromatic carbocycles. The van der Waals surface area contributed by atoms with Crippen molar-refractivity contribution in [1.29, 1.82) is 0 Å². The molecule has 1 saturated carbocycles. The van der Waals surface area contributed by atoms with E-state index < -0.39 is 5.60 Å². The van der Waals surface area contributed by atoms with Gasteiger partial charge < -0.3 is 14.4 Å². The summed E-state index contributed by atoms with van der Waals surface area (Å²) < 4.78 is 11.9. The van der Waals surface area contributed by atoms with E-state index in [0.717, 1.165) is 44.5 Å². The average molecular weight is 377 g/mol. The lowest BCUT2D eigenvalue weighted by atomic mass is 9.91. The number of carbonyl (C=O) groups excluding carboxylic acids is 1. The van der Waals surface area contributed by atoms with Gasteiger partial charge in [-0.25, -0.2) is 9.78 Å². The Kier molecular flexibility index (Phi) is 7.12. The van der Waals surface area contributed by atoms with Crippen LogP contribution in [0.1, 0.15) is 72.8 Å². The van der Waals surface area contributed by atoms with Crippen LogP contribution in [0.2, 0.25) is 0 Å². The van der Waals surface area contributed by atoms with Gasteiger partial charge in [0.2, 0.25) is 5.88 Å². The summed E-state index contributed by atoms with van der Waals surface area (Å²) in [5.74, 6) is 0.770. The Morgan fingerprint density at radius 2 is 2.04 bits per heavy atom. The van der Waals surface area contributed by atoms with E-state index >= 15 is 0 Å². The summed E-state index contributed by atoms with van der Waals surface area (Å²) in [6, 6.07) is 4.07. The van der Waals surface area contributed by atoms with E-state index in [1.54, 1.807) is 6.20 Å². The Bertz CT molecular complexity index is 620. The molecule has 1 aliphatic carbocycles. The van der Waals surface area contributed by atoms with Gasteiger partial charge in [0.1, 0.15) is 11.7 Å². The molecule has 27 heavy (non-hydrogen) atoms. The Morgan fingerprint density at radius 3 is 2.63 bits per heavy atom. The van der Waals surface area contributed by atoms with Crippen LogP contribution in [0.3, 0.4) is 0 Å². The molecule has 1 atom stereocenters. The van der Waals surface area contributed by atoms with Gasteiger partial charge in [0, 0.05) is 36.7 Å². The molecule has 0 radical (unpaired) electrons. The number of aromatic nitrogens is 1. The lowest BCUT2D eigenvalue weighted by Gasteiger charge is -2.39. The van der Waals surface area contributed by atoms with Crippen molar-refractivity contribution in [1.82, 2.24) is 9.88 Å². The summed E-state index contributed by atoms with van der Waals surface area (Å²) in [5.41, 5.74) is 0.802. The number of aryl methyl sites for hydroxylation is 1. The van der Waals surface area contributed by atoms with Crippen molar-refractivity contribution >= 4 is 6.09 Å². The number of nitrogens with zero attached hydrogens (tertiary/aromatic N) is 2. The highest BCUT2D eigenvalue weighted by atomic mass is 16.6. The van der Waals surface area contributed by atoms with Gasteiger partial charge in [-0.2, -0.15) is 0 Å². The van der Waals surface area contributed by atoms with Gasteiger partial charge in [-0.3, -0.25) is 0 Å². The van der Waals surface area contributed by atoms with Crippen molar-refractivity contribution in [2.45, 2.75) is 85.4 Å². The highest BCUT2D eigenvalue weighted by Crippen LogP contribution is 2.53. The number of pyridine rings is 1. The maximum Gasteiger partial charge on any atom is 0.410 e. The Hall–Kier alpha value is -1.78. The average Bonchev–Trinajstić information content (AvgIpc) is 3.39. The molecule has 1 saturated heterocycles. The van der Waals surface area contributed by atoms with E-state index in [1.807, 2.05) is 45.6 Å². The van der Waals surface area contributed by atoms with Crippen LogP contribution >= 0.6 is 0 Å². The van der Waals surface area contributed by atoms with E-state index in [9.17, 15) is 4.79 Å². The molecular weight excluding hydrogens is 340 g/mol. The molecule has 2 fully saturated rings. The van der Waals surface area contributed by atoms with Gasteiger partial charge in [0.05, 0.1) is 0 Å². The van der Waals surface area contributed by atoms with Crippen LogP contribution < -0.4 is 4.74 Å². The van der Waals surface area contributed by atoms with Crippen molar-refractivity contribution < 1.29 is 14.3 Å². The largest absolute Gasteiger partial charge is 0.473 e. The van der Waals surface area contributed by atoms with Crippen LogP contribution in [-0.4, -0.2) is 40.8 Å². The Balaban J connectivity index is 0.00000126. The lowest BCUT2D eigenvalue weighted by Crippen LogP contribution is -2.50. The number of ether oxygens (including phenoxy) is 2. The van der Waals surface area contributed by atoms with Crippen LogP contribution in [0.4, 0.5) is 4.79 Å². The Labute approximate surface area is 164 Å². The smallest absolute Gasteiger partial charge is 0.410 e. The van der Waals surface area contributed by atoms with Gasteiger partial charge in [-0.15, -0.1) is 0 Å². The molecule has 1 aromatic heterocycles. The van der Waals surface area contributed by atoms with Crippen molar-refractivity contribution in [2.24, 2.45) is 5.41 Å². The maximum atomic E-state index is 12.4. The summed E-state index contributed by atoms with van der Waals surface area (Å²) in [4.78, 5) is 18.7. The number of likely N-dealkylation sites (tertiary alicyclic amines) is 1. The zero-order valence-corrected chi connectivity index (χ0v) is 17.9. The second kappa shape index (κ2) is 8.94. The van der Waals surface area contributed by atoms with Gasteiger partial charge in [0.15, 0.2) is 0 Å².